The highest BCUT2D eigenvalue weighted by atomic mass is 16.6. The molecular formula is C15H26N2O4. The Kier molecular flexibility index (Phi) is 5.08. The lowest BCUT2D eigenvalue weighted by Gasteiger charge is -2.38. The van der Waals surface area contributed by atoms with Gasteiger partial charge in [0.25, 0.3) is 0 Å². The van der Waals surface area contributed by atoms with Crippen LogP contribution in [-0.2, 0) is 9.53 Å². The van der Waals surface area contributed by atoms with Gasteiger partial charge in [0.2, 0.25) is 5.91 Å². The monoisotopic (exact) mass is 298 g/mol. The Hall–Kier alpha value is -1.30. The maximum Gasteiger partial charge on any atom is 0.410 e. The Labute approximate surface area is 126 Å². The number of carbonyl (C=O) groups is 2. The van der Waals surface area contributed by atoms with E-state index in [0.29, 0.717) is 13.1 Å². The van der Waals surface area contributed by atoms with Crippen LogP contribution in [0.2, 0.25) is 0 Å². The number of amides is 2. The number of cyclic esters (lactones) is 1. The maximum absolute atomic E-state index is 12.2. The first-order chi connectivity index (χ1) is 9.99. The molecule has 21 heavy (non-hydrogen) atoms. The number of ether oxygens (including phenoxy) is 1. The summed E-state index contributed by atoms with van der Waals surface area (Å²) in [6.45, 7) is 7.03. The second-order valence-electron chi connectivity index (χ2n) is 6.11. The van der Waals surface area contributed by atoms with Gasteiger partial charge >= 0.3 is 6.09 Å². The second-order valence-corrected chi connectivity index (χ2v) is 6.11. The topological polar surface area (TPSA) is 70.1 Å². The van der Waals surface area contributed by atoms with E-state index in [1.54, 1.807) is 11.8 Å². The average molecular weight is 298 g/mol. The summed E-state index contributed by atoms with van der Waals surface area (Å²) in [5.41, 5.74) is 0. The Morgan fingerprint density at radius 1 is 1.43 bits per heavy atom. The van der Waals surface area contributed by atoms with E-state index in [4.69, 9.17) is 4.74 Å². The van der Waals surface area contributed by atoms with Gasteiger partial charge in [0.1, 0.15) is 6.10 Å². The molecule has 0 aromatic carbocycles. The predicted molar refractivity (Wildman–Crippen MR) is 77.7 cm³/mol. The summed E-state index contributed by atoms with van der Waals surface area (Å²) >= 11 is 0. The lowest BCUT2D eigenvalue weighted by Crippen LogP contribution is -2.51. The first-order valence-electron chi connectivity index (χ1n) is 7.88. The second kappa shape index (κ2) is 6.64. The van der Waals surface area contributed by atoms with Crippen molar-refractivity contribution in [2.45, 2.75) is 58.2 Å². The van der Waals surface area contributed by atoms with Crippen LogP contribution in [-0.4, -0.2) is 64.8 Å². The van der Waals surface area contributed by atoms with Crippen molar-refractivity contribution in [1.82, 2.24) is 9.80 Å². The quantitative estimate of drug-likeness (QED) is 0.847. The number of likely N-dealkylation sites (tertiary alicyclic amines) is 1. The first kappa shape index (κ1) is 16.1. The fourth-order valence-corrected chi connectivity index (χ4v) is 3.17. The van der Waals surface area contributed by atoms with Gasteiger partial charge in [0.05, 0.1) is 12.6 Å². The standard InChI is InChI=1S/C15H26N2O4/c1-4-10(2)14(19)16-7-5-12(6-8-16)17-13(9-18)11(3)21-15(17)20/h10-13,18H,4-9H2,1-3H3. The van der Waals surface area contributed by atoms with E-state index in [0.717, 1.165) is 19.3 Å². The molecule has 2 fully saturated rings. The highest BCUT2D eigenvalue weighted by molar-refractivity contribution is 5.78. The van der Waals surface area contributed by atoms with Gasteiger partial charge in [-0.3, -0.25) is 9.69 Å². The number of hydrogen-bond acceptors (Lipinski definition) is 4. The fraction of sp³-hybridized carbons (Fsp3) is 0.867. The first-order valence-corrected chi connectivity index (χ1v) is 7.88. The van der Waals surface area contributed by atoms with E-state index < -0.39 is 0 Å². The van der Waals surface area contributed by atoms with Crippen LogP contribution in [0, 0.1) is 5.92 Å². The summed E-state index contributed by atoms with van der Waals surface area (Å²) in [4.78, 5) is 27.7. The molecule has 0 radical (unpaired) electrons. The van der Waals surface area contributed by atoms with Crippen molar-refractivity contribution in [2.24, 2.45) is 5.92 Å². The zero-order valence-corrected chi connectivity index (χ0v) is 13.1. The van der Waals surface area contributed by atoms with Crippen molar-refractivity contribution >= 4 is 12.0 Å². The molecular weight excluding hydrogens is 272 g/mol. The van der Waals surface area contributed by atoms with E-state index in [-0.39, 0.29) is 42.7 Å². The predicted octanol–water partition coefficient (Wildman–Crippen LogP) is 1.23. The lowest BCUT2D eigenvalue weighted by molar-refractivity contribution is -0.136. The lowest BCUT2D eigenvalue weighted by atomic mass is 9.99. The number of carbonyl (C=O) groups excluding carboxylic acids is 2. The number of piperidine rings is 1. The molecule has 3 atom stereocenters. The average Bonchev–Trinajstić information content (AvgIpc) is 2.79. The molecule has 2 aliphatic heterocycles. The highest BCUT2D eigenvalue weighted by Gasteiger charge is 2.43. The largest absolute Gasteiger partial charge is 0.444 e. The van der Waals surface area contributed by atoms with Gasteiger partial charge in [-0.05, 0) is 26.2 Å². The van der Waals surface area contributed by atoms with Crippen molar-refractivity contribution in [2.75, 3.05) is 19.7 Å². The van der Waals surface area contributed by atoms with Gasteiger partial charge in [-0.15, -0.1) is 0 Å². The van der Waals surface area contributed by atoms with Crippen LogP contribution in [0.4, 0.5) is 4.79 Å². The summed E-state index contributed by atoms with van der Waals surface area (Å²) in [5, 5.41) is 9.46. The van der Waals surface area contributed by atoms with Crippen molar-refractivity contribution in [1.29, 1.82) is 0 Å². The molecule has 6 nitrogen and oxygen atoms in total. The molecule has 2 rings (SSSR count). The minimum Gasteiger partial charge on any atom is -0.444 e. The summed E-state index contributed by atoms with van der Waals surface area (Å²) < 4.78 is 5.21. The van der Waals surface area contributed by atoms with Crippen LogP contribution in [0.15, 0.2) is 0 Å². The number of aliphatic hydroxyl groups is 1. The van der Waals surface area contributed by atoms with Crippen LogP contribution in [0.25, 0.3) is 0 Å². The Morgan fingerprint density at radius 3 is 2.57 bits per heavy atom. The van der Waals surface area contributed by atoms with E-state index >= 15 is 0 Å². The number of nitrogens with zero attached hydrogens (tertiary/aromatic N) is 2. The highest BCUT2D eigenvalue weighted by Crippen LogP contribution is 2.27. The number of hydrogen-bond donors (Lipinski definition) is 1. The SMILES string of the molecule is CCC(C)C(=O)N1CCC(N2C(=O)OC(C)C2CO)CC1. The molecule has 2 amide bonds. The number of rotatable bonds is 4. The third-order valence-electron chi connectivity index (χ3n) is 4.79. The normalized spacial score (nSPS) is 28.7. The molecule has 1 N–H and O–H groups in total. The van der Waals surface area contributed by atoms with Crippen molar-refractivity contribution in [3.05, 3.63) is 0 Å². The fourth-order valence-electron chi connectivity index (χ4n) is 3.17. The zero-order chi connectivity index (χ0) is 15.6. The van der Waals surface area contributed by atoms with Crippen LogP contribution < -0.4 is 0 Å². The summed E-state index contributed by atoms with van der Waals surface area (Å²) in [5.74, 6) is 0.260. The summed E-state index contributed by atoms with van der Waals surface area (Å²) in [6.07, 6.45) is 1.73. The van der Waals surface area contributed by atoms with Gasteiger partial charge in [-0.2, -0.15) is 0 Å². The third kappa shape index (κ3) is 3.15. The Balaban J connectivity index is 1.94. The molecule has 2 heterocycles. The van der Waals surface area contributed by atoms with Crippen LogP contribution >= 0.6 is 0 Å². The summed E-state index contributed by atoms with van der Waals surface area (Å²) in [6, 6.07) is -0.208. The smallest absolute Gasteiger partial charge is 0.410 e. The molecule has 6 heteroatoms. The van der Waals surface area contributed by atoms with Gasteiger partial charge in [-0.1, -0.05) is 13.8 Å². The minimum absolute atomic E-state index is 0.0561. The van der Waals surface area contributed by atoms with E-state index in [9.17, 15) is 14.7 Å². The van der Waals surface area contributed by atoms with Gasteiger partial charge in [-0.25, -0.2) is 4.79 Å². The van der Waals surface area contributed by atoms with Crippen molar-refractivity contribution < 1.29 is 19.4 Å². The zero-order valence-electron chi connectivity index (χ0n) is 13.1. The molecule has 2 saturated heterocycles. The van der Waals surface area contributed by atoms with Gasteiger partial charge in [0.15, 0.2) is 0 Å². The van der Waals surface area contributed by atoms with E-state index in [1.807, 2.05) is 18.7 Å². The van der Waals surface area contributed by atoms with Gasteiger partial charge < -0.3 is 14.7 Å². The molecule has 2 aliphatic rings. The maximum atomic E-state index is 12.2. The molecule has 0 saturated carbocycles. The van der Waals surface area contributed by atoms with Crippen molar-refractivity contribution in [3.63, 3.8) is 0 Å². The number of aliphatic hydroxyl groups excluding tert-OH is 1. The third-order valence-corrected chi connectivity index (χ3v) is 4.79. The Bertz CT molecular complexity index is 393. The molecule has 3 unspecified atom stereocenters. The van der Waals surface area contributed by atoms with E-state index in [2.05, 4.69) is 0 Å². The van der Waals surface area contributed by atoms with Crippen molar-refractivity contribution in [3.8, 4) is 0 Å². The molecule has 0 aromatic heterocycles. The molecule has 0 spiro atoms. The van der Waals surface area contributed by atoms with Crippen LogP contribution in [0.5, 0.6) is 0 Å². The molecule has 120 valence electrons. The van der Waals surface area contributed by atoms with Crippen LogP contribution in [0.1, 0.15) is 40.0 Å². The Morgan fingerprint density at radius 2 is 2.05 bits per heavy atom. The molecule has 0 bridgehead atoms. The molecule has 0 aliphatic carbocycles. The van der Waals surface area contributed by atoms with Crippen LogP contribution in [0.3, 0.4) is 0 Å². The molecule has 0 aromatic rings. The van der Waals surface area contributed by atoms with Gasteiger partial charge in [0, 0.05) is 25.0 Å². The summed E-state index contributed by atoms with van der Waals surface area (Å²) in [7, 11) is 0. The minimum atomic E-state index is -0.340. The van der Waals surface area contributed by atoms with E-state index in [1.165, 1.54) is 0 Å².